The second-order valence-corrected chi connectivity index (χ2v) is 0.597. The molecule has 0 atom stereocenters. The molecular weight excluding hydrogens is 82.0 g/mol. The van der Waals surface area contributed by atoms with Gasteiger partial charge in [0.25, 0.3) is 5.88 Å². The zero-order chi connectivity index (χ0) is 4.99. The molecule has 0 spiro atoms. The molecule has 0 aliphatic carbocycles. The van der Waals surface area contributed by atoms with Crippen molar-refractivity contribution in [3.8, 4) is 0 Å². The minimum atomic E-state index is -0.759. The number of carbonyl (C=O) groups excluding carboxylic acids is 1. The molecular formula is C3H2NO2. The van der Waals surface area contributed by atoms with Crippen LogP contribution in [-0.4, -0.2) is 6.08 Å². The molecule has 0 bridgehead atoms. The monoisotopic (exact) mass is 84.0 g/mol. The number of rotatable bonds is 1. The van der Waals surface area contributed by atoms with Gasteiger partial charge in [-0.15, -0.1) is 4.99 Å². The third-order valence-electron chi connectivity index (χ3n) is 0.170. The van der Waals surface area contributed by atoms with Crippen molar-refractivity contribution in [3.05, 3.63) is 12.5 Å². The molecule has 0 aromatic heterocycles. The van der Waals surface area contributed by atoms with E-state index in [2.05, 4.69) is 11.6 Å². The van der Waals surface area contributed by atoms with E-state index in [1.54, 1.807) is 0 Å². The first-order valence-corrected chi connectivity index (χ1v) is 1.21. The lowest BCUT2D eigenvalue weighted by atomic mass is 10.9. The summed E-state index contributed by atoms with van der Waals surface area (Å²) in [4.78, 5) is 11.6. The highest BCUT2D eigenvalue weighted by Crippen LogP contribution is 1.77. The Morgan fingerprint density at radius 3 is 2.33 bits per heavy atom. The second kappa shape index (κ2) is 2.18. The zero-order valence-electron chi connectivity index (χ0n) is 2.97. The van der Waals surface area contributed by atoms with Gasteiger partial charge in [-0.1, -0.05) is 0 Å². The van der Waals surface area contributed by atoms with Crippen molar-refractivity contribution >= 4 is 6.08 Å². The Morgan fingerprint density at radius 2 is 2.33 bits per heavy atom. The topological polar surface area (TPSA) is 49.3 Å². The normalized spacial score (nSPS) is 6.00. The SMILES string of the molecule is C=C([O])N=C=O. The Labute approximate surface area is 34.6 Å². The maximum absolute atomic E-state index is 9.50. The number of isocyanates is 1. The average Bonchev–Trinajstić information content (AvgIpc) is 1.35. The van der Waals surface area contributed by atoms with Gasteiger partial charge in [0, 0.05) is 0 Å². The van der Waals surface area contributed by atoms with Crippen molar-refractivity contribution in [2.75, 3.05) is 0 Å². The van der Waals surface area contributed by atoms with Gasteiger partial charge in [-0.3, -0.25) is 5.11 Å². The first kappa shape index (κ1) is 4.92. The average molecular weight is 84.1 g/mol. The molecule has 0 unspecified atom stereocenters. The van der Waals surface area contributed by atoms with E-state index in [4.69, 9.17) is 4.79 Å². The molecule has 0 saturated heterocycles. The Hall–Kier alpha value is -1.08. The van der Waals surface area contributed by atoms with Gasteiger partial charge in [0.2, 0.25) is 6.08 Å². The predicted molar refractivity (Wildman–Crippen MR) is 17.9 cm³/mol. The van der Waals surface area contributed by atoms with Crippen molar-refractivity contribution in [1.82, 2.24) is 0 Å². The van der Waals surface area contributed by atoms with Gasteiger partial charge in [-0.05, 0) is 6.58 Å². The fourth-order valence-corrected chi connectivity index (χ4v) is 0.0509. The van der Waals surface area contributed by atoms with Crippen LogP contribution in [-0.2, 0) is 9.90 Å². The van der Waals surface area contributed by atoms with Crippen LogP contribution in [0.2, 0.25) is 0 Å². The standard InChI is InChI=1S/C3H2NO2/c1-3(6)4-2-5/h1H2. The fourth-order valence-electron chi connectivity index (χ4n) is 0.0509. The summed E-state index contributed by atoms with van der Waals surface area (Å²) >= 11 is 0. The lowest BCUT2D eigenvalue weighted by molar-refractivity contribution is 0.296. The molecule has 0 heterocycles. The lowest BCUT2D eigenvalue weighted by Crippen LogP contribution is -1.59. The highest BCUT2D eigenvalue weighted by Gasteiger charge is 1.74. The van der Waals surface area contributed by atoms with Gasteiger partial charge in [0.1, 0.15) is 0 Å². The summed E-state index contributed by atoms with van der Waals surface area (Å²) in [6.07, 6.45) is 1.03. The van der Waals surface area contributed by atoms with Crippen molar-refractivity contribution in [2.45, 2.75) is 0 Å². The van der Waals surface area contributed by atoms with Gasteiger partial charge in [-0.25, -0.2) is 4.79 Å². The van der Waals surface area contributed by atoms with E-state index < -0.39 is 5.88 Å². The Morgan fingerprint density at radius 1 is 1.83 bits per heavy atom. The molecule has 0 aliphatic heterocycles. The smallest absolute Gasteiger partial charge is 0.267 e. The van der Waals surface area contributed by atoms with E-state index in [1.807, 2.05) is 0 Å². The minimum absolute atomic E-state index is 0.759. The van der Waals surface area contributed by atoms with Crippen LogP contribution in [0.1, 0.15) is 0 Å². The summed E-state index contributed by atoms with van der Waals surface area (Å²) in [5.41, 5.74) is 0. The number of hydrogen-bond donors (Lipinski definition) is 0. The molecule has 0 aliphatic rings. The van der Waals surface area contributed by atoms with Crippen molar-refractivity contribution < 1.29 is 9.90 Å². The zero-order valence-corrected chi connectivity index (χ0v) is 2.97. The van der Waals surface area contributed by atoms with E-state index in [0.717, 1.165) is 6.08 Å². The Bertz CT molecular complexity index is 101. The third-order valence-corrected chi connectivity index (χ3v) is 0.170. The maximum atomic E-state index is 9.50. The van der Waals surface area contributed by atoms with Gasteiger partial charge in [0.15, 0.2) is 0 Å². The van der Waals surface area contributed by atoms with Gasteiger partial charge in [0.05, 0.1) is 0 Å². The van der Waals surface area contributed by atoms with Gasteiger partial charge >= 0.3 is 0 Å². The molecule has 0 aromatic rings. The van der Waals surface area contributed by atoms with Gasteiger partial charge < -0.3 is 0 Å². The molecule has 0 N–H and O–H groups in total. The molecule has 3 nitrogen and oxygen atoms in total. The third kappa shape index (κ3) is 2.92. The van der Waals surface area contributed by atoms with Crippen molar-refractivity contribution in [1.29, 1.82) is 0 Å². The Balaban J connectivity index is 3.60. The summed E-state index contributed by atoms with van der Waals surface area (Å²) < 4.78 is 0. The highest BCUT2D eigenvalue weighted by molar-refractivity contribution is 5.35. The molecule has 1 radical (unpaired) electrons. The molecule has 0 amide bonds. The largest absolute Gasteiger partial charge is 0.273 e. The van der Waals surface area contributed by atoms with E-state index in [9.17, 15) is 5.11 Å². The van der Waals surface area contributed by atoms with E-state index in [1.165, 1.54) is 0 Å². The summed E-state index contributed by atoms with van der Waals surface area (Å²) in [6, 6.07) is 0. The van der Waals surface area contributed by atoms with Crippen LogP contribution in [0.15, 0.2) is 17.5 Å². The molecule has 0 fully saturated rings. The molecule has 31 valence electrons. The van der Waals surface area contributed by atoms with Crippen LogP contribution in [0.25, 0.3) is 0 Å². The molecule has 0 rings (SSSR count). The van der Waals surface area contributed by atoms with Crippen molar-refractivity contribution in [2.24, 2.45) is 4.99 Å². The predicted octanol–water partition coefficient (Wildman–Crippen LogP) is 0.224. The van der Waals surface area contributed by atoms with Crippen LogP contribution in [0.5, 0.6) is 0 Å². The van der Waals surface area contributed by atoms with Crippen LogP contribution >= 0.6 is 0 Å². The summed E-state index contributed by atoms with van der Waals surface area (Å²) in [5, 5.41) is 9.50. The number of aliphatic imine (C=N–C) groups is 1. The Kier molecular flexibility index (Phi) is 1.78. The van der Waals surface area contributed by atoms with E-state index in [0.29, 0.717) is 0 Å². The molecule has 3 heteroatoms. The summed E-state index contributed by atoms with van der Waals surface area (Å²) in [5.74, 6) is -0.759. The highest BCUT2D eigenvalue weighted by atomic mass is 16.3. The summed E-state index contributed by atoms with van der Waals surface area (Å²) in [6.45, 7) is 2.76. The van der Waals surface area contributed by atoms with E-state index in [-0.39, 0.29) is 0 Å². The van der Waals surface area contributed by atoms with Crippen LogP contribution in [0, 0.1) is 0 Å². The fraction of sp³-hybridized carbons (Fsp3) is 0. The first-order valence-electron chi connectivity index (χ1n) is 1.21. The first-order chi connectivity index (χ1) is 2.77. The molecule has 6 heavy (non-hydrogen) atoms. The van der Waals surface area contributed by atoms with Crippen LogP contribution in [0.3, 0.4) is 0 Å². The number of hydrogen-bond acceptors (Lipinski definition) is 2. The number of nitrogens with zero attached hydrogens (tertiary/aromatic N) is 1. The lowest BCUT2D eigenvalue weighted by Gasteiger charge is -1.63. The van der Waals surface area contributed by atoms with Crippen LogP contribution < -0.4 is 0 Å². The van der Waals surface area contributed by atoms with Gasteiger partial charge in [-0.2, -0.15) is 0 Å². The van der Waals surface area contributed by atoms with Crippen LogP contribution in [0.4, 0.5) is 0 Å². The maximum Gasteiger partial charge on any atom is 0.273 e. The molecule has 0 aromatic carbocycles. The molecule has 0 saturated carbocycles. The second-order valence-electron chi connectivity index (χ2n) is 0.597. The quantitative estimate of drug-likeness (QED) is 0.255. The summed E-state index contributed by atoms with van der Waals surface area (Å²) in [7, 11) is 0. The minimum Gasteiger partial charge on any atom is -0.267 e. The van der Waals surface area contributed by atoms with Crippen molar-refractivity contribution in [3.63, 3.8) is 0 Å². The van der Waals surface area contributed by atoms with E-state index >= 15 is 0 Å².